The van der Waals surface area contributed by atoms with E-state index >= 15 is 0 Å². The maximum absolute atomic E-state index is 11.8. The summed E-state index contributed by atoms with van der Waals surface area (Å²) in [5.41, 5.74) is 4.85. The Balaban J connectivity index is 0.00000196. The third-order valence-corrected chi connectivity index (χ3v) is 6.36. The molecule has 2 heterocycles. The van der Waals surface area contributed by atoms with Crippen LogP contribution in [0.2, 0.25) is 0 Å². The van der Waals surface area contributed by atoms with Gasteiger partial charge in [-0.1, -0.05) is 35.9 Å². The van der Waals surface area contributed by atoms with Gasteiger partial charge >= 0.3 is 5.17 Å². The maximum Gasteiger partial charge on any atom is 0.316 e. The van der Waals surface area contributed by atoms with Gasteiger partial charge in [0.05, 0.1) is 6.54 Å². The fraction of sp³-hybridized carbons (Fsp3) is 0.381. The number of amidine groups is 1. The number of β-amino-alcohol motifs (C(OH)–C–C–N with tert-alkyl or cyclic N) is 1. The highest BCUT2D eigenvalue weighted by Gasteiger charge is 2.53. The molecule has 2 aliphatic rings. The summed E-state index contributed by atoms with van der Waals surface area (Å²) in [5, 5.41) is 13.0. The van der Waals surface area contributed by atoms with Gasteiger partial charge in [0.1, 0.15) is 5.69 Å². The van der Waals surface area contributed by atoms with E-state index in [0.717, 1.165) is 35.5 Å². The Morgan fingerprint density at radius 1 is 1.08 bits per heavy atom. The van der Waals surface area contributed by atoms with Crippen molar-refractivity contribution in [3.05, 3.63) is 64.7 Å². The third-order valence-electron chi connectivity index (χ3n) is 5.17. The molecule has 138 valence electrons. The molecule has 1 unspecified atom stereocenters. The largest absolute Gasteiger partial charge is 1.00 e. The van der Waals surface area contributed by atoms with Crippen LogP contribution in [0.5, 0.6) is 0 Å². The van der Waals surface area contributed by atoms with Gasteiger partial charge in [-0.2, -0.15) is 0 Å². The molecule has 0 bridgehead atoms. The van der Waals surface area contributed by atoms with Crippen LogP contribution in [0, 0.1) is 20.8 Å². The second kappa shape index (κ2) is 7.37. The minimum Gasteiger partial charge on any atom is -1.00 e. The Bertz CT molecular complexity index is 867. The molecule has 4 rings (SSSR count). The lowest BCUT2D eigenvalue weighted by Gasteiger charge is -2.26. The molecule has 1 N–H and O–H groups in total. The van der Waals surface area contributed by atoms with E-state index in [1.807, 2.05) is 11.8 Å². The highest BCUT2D eigenvalue weighted by atomic mass is 79.9. The summed E-state index contributed by atoms with van der Waals surface area (Å²) >= 11 is 1.86. The standard InChI is InChI=1S/C21H25N2OS.BrH/c1-15-6-4-7-18(13-15)22-14-21(24,23-10-5-11-25-20(22)23)19-9-8-16(2)12-17(19)3;/h4,6-9,12-13,24H,5,10-11,14H2,1-3H3;1H/q+1;/p-1. The number of benzene rings is 2. The molecule has 0 radical (unpaired) electrons. The van der Waals surface area contributed by atoms with E-state index in [9.17, 15) is 5.11 Å². The van der Waals surface area contributed by atoms with Crippen molar-refractivity contribution >= 4 is 22.6 Å². The van der Waals surface area contributed by atoms with Gasteiger partial charge in [0.25, 0.3) is 5.72 Å². The number of rotatable bonds is 2. The molecule has 5 heteroatoms. The zero-order valence-electron chi connectivity index (χ0n) is 15.5. The molecule has 0 spiro atoms. The molecular formula is C21H25BrN2OS. The lowest BCUT2D eigenvalue weighted by molar-refractivity contribution is -0.656. The molecule has 2 aromatic carbocycles. The molecular weight excluding hydrogens is 408 g/mol. The summed E-state index contributed by atoms with van der Waals surface area (Å²) < 4.78 is 2.21. The molecule has 0 saturated carbocycles. The normalized spacial score (nSPS) is 22.2. The molecule has 3 nitrogen and oxygen atoms in total. The maximum atomic E-state index is 11.8. The van der Waals surface area contributed by atoms with Crippen molar-refractivity contribution in [2.45, 2.75) is 32.9 Å². The van der Waals surface area contributed by atoms with E-state index in [-0.39, 0.29) is 17.0 Å². The first-order chi connectivity index (χ1) is 12.0. The van der Waals surface area contributed by atoms with Gasteiger partial charge in [-0.15, -0.1) is 0 Å². The summed E-state index contributed by atoms with van der Waals surface area (Å²) in [6.45, 7) is 7.79. The molecule has 0 aromatic heterocycles. The third kappa shape index (κ3) is 3.21. The molecule has 0 aliphatic carbocycles. The van der Waals surface area contributed by atoms with Gasteiger partial charge in [-0.25, -0.2) is 9.48 Å². The molecule has 0 saturated heterocycles. The molecule has 2 aliphatic heterocycles. The summed E-state index contributed by atoms with van der Waals surface area (Å²) in [6.07, 6.45) is 1.10. The highest BCUT2D eigenvalue weighted by molar-refractivity contribution is 8.13. The van der Waals surface area contributed by atoms with E-state index in [1.165, 1.54) is 16.3 Å². The Hall–Kier alpha value is -1.30. The van der Waals surface area contributed by atoms with Crippen LogP contribution in [-0.2, 0) is 5.72 Å². The van der Waals surface area contributed by atoms with Gasteiger partial charge in [0.15, 0.2) is 6.54 Å². The number of hydrogen-bond donors (Lipinski definition) is 1. The zero-order chi connectivity index (χ0) is 17.6. The van der Waals surface area contributed by atoms with Gasteiger partial charge in [-0.05, 0) is 62.2 Å². The van der Waals surface area contributed by atoms with Crippen molar-refractivity contribution in [1.29, 1.82) is 0 Å². The topological polar surface area (TPSA) is 26.5 Å². The van der Waals surface area contributed by atoms with E-state index in [0.29, 0.717) is 6.54 Å². The van der Waals surface area contributed by atoms with Gasteiger partial charge in [0, 0.05) is 11.3 Å². The minimum atomic E-state index is -0.968. The smallest absolute Gasteiger partial charge is 0.316 e. The van der Waals surface area contributed by atoms with Crippen molar-refractivity contribution in [3.8, 4) is 0 Å². The molecule has 0 amide bonds. The lowest BCUT2D eigenvalue weighted by atomic mass is 9.95. The summed E-state index contributed by atoms with van der Waals surface area (Å²) in [4.78, 5) is 2.29. The van der Waals surface area contributed by atoms with Crippen LogP contribution in [-0.4, -0.2) is 33.7 Å². The number of aryl methyl sites for hydroxylation is 3. The number of thioether (sulfide) groups is 1. The van der Waals surface area contributed by atoms with Crippen LogP contribution >= 0.6 is 11.8 Å². The summed E-state index contributed by atoms with van der Waals surface area (Å²) in [6, 6.07) is 14.9. The Kier molecular flexibility index (Phi) is 5.52. The first-order valence-corrected chi connectivity index (χ1v) is 9.89. The SMILES string of the molecule is Cc1cccc(N2CC(O)(c3ccc(C)cc3C)[N+]3=C2SCCC3)c1.[Br-]. The van der Waals surface area contributed by atoms with Crippen molar-refractivity contribution in [1.82, 2.24) is 0 Å². The molecule has 2 aromatic rings. The molecule has 1 atom stereocenters. The summed E-state index contributed by atoms with van der Waals surface area (Å²) in [7, 11) is 0. The number of hydrogen-bond acceptors (Lipinski definition) is 3. The average molecular weight is 433 g/mol. The lowest BCUT2D eigenvalue weighted by Crippen LogP contribution is -3.00. The second-order valence-corrected chi connectivity index (χ2v) is 8.26. The quantitative estimate of drug-likeness (QED) is 0.710. The van der Waals surface area contributed by atoms with Gasteiger partial charge < -0.3 is 22.1 Å². The minimum absolute atomic E-state index is 0. The van der Waals surface area contributed by atoms with E-state index < -0.39 is 5.72 Å². The number of aliphatic hydroxyl groups is 1. The van der Waals surface area contributed by atoms with Crippen molar-refractivity contribution in [2.24, 2.45) is 0 Å². The van der Waals surface area contributed by atoms with Crippen LogP contribution < -0.4 is 21.9 Å². The second-order valence-electron chi connectivity index (χ2n) is 7.20. The highest BCUT2D eigenvalue weighted by Crippen LogP contribution is 2.38. The first kappa shape index (κ1) is 19.5. The predicted octanol–water partition coefficient (Wildman–Crippen LogP) is 0.787. The number of nitrogens with zero attached hydrogens (tertiary/aromatic N) is 2. The van der Waals surface area contributed by atoms with E-state index in [1.54, 1.807) is 0 Å². The summed E-state index contributed by atoms with van der Waals surface area (Å²) in [5.74, 6) is 1.11. The van der Waals surface area contributed by atoms with Crippen LogP contribution in [0.4, 0.5) is 5.69 Å². The van der Waals surface area contributed by atoms with E-state index in [2.05, 4.69) is 72.7 Å². The van der Waals surface area contributed by atoms with Crippen LogP contribution in [0.1, 0.15) is 28.7 Å². The Labute approximate surface area is 170 Å². The van der Waals surface area contributed by atoms with Crippen LogP contribution in [0.3, 0.4) is 0 Å². The predicted molar refractivity (Wildman–Crippen MR) is 106 cm³/mol. The van der Waals surface area contributed by atoms with Crippen LogP contribution in [0.25, 0.3) is 0 Å². The van der Waals surface area contributed by atoms with Gasteiger partial charge in [0.2, 0.25) is 0 Å². The fourth-order valence-corrected chi connectivity index (χ4v) is 5.17. The first-order valence-electron chi connectivity index (χ1n) is 8.91. The van der Waals surface area contributed by atoms with Crippen LogP contribution in [0.15, 0.2) is 42.5 Å². The molecule has 26 heavy (non-hydrogen) atoms. The van der Waals surface area contributed by atoms with Crippen molar-refractivity contribution in [2.75, 3.05) is 23.7 Å². The Morgan fingerprint density at radius 2 is 1.85 bits per heavy atom. The number of anilines is 1. The monoisotopic (exact) mass is 432 g/mol. The fourth-order valence-electron chi connectivity index (χ4n) is 3.99. The molecule has 0 fully saturated rings. The average Bonchev–Trinajstić information content (AvgIpc) is 2.89. The van der Waals surface area contributed by atoms with Crippen molar-refractivity contribution < 1.29 is 26.7 Å². The van der Waals surface area contributed by atoms with E-state index in [4.69, 9.17) is 0 Å². The Morgan fingerprint density at radius 3 is 2.58 bits per heavy atom. The van der Waals surface area contributed by atoms with Crippen molar-refractivity contribution in [3.63, 3.8) is 0 Å². The zero-order valence-corrected chi connectivity index (χ0v) is 17.9. The number of halogens is 1. The van der Waals surface area contributed by atoms with Gasteiger partial charge in [-0.3, -0.25) is 0 Å².